The zero-order valence-electron chi connectivity index (χ0n) is 12.1. The molecule has 1 N–H and O–H groups in total. The molecule has 5 rings (SSSR count). The van der Waals surface area contributed by atoms with Crippen LogP contribution in [0.2, 0.25) is 0 Å². The maximum Gasteiger partial charge on any atom is 0.251 e. The van der Waals surface area contributed by atoms with Crippen molar-refractivity contribution in [1.82, 2.24) is 15.2 Å². The molecule has 0 radical (unpaired) electrons. The predicted octanol–water partition coefficient (Wildman–Crippen LogP) is 2.04. The van der Waals surface area contributed by atoms with Crippen LogP contribution >= 0.6 is 0 Å². The Bertz CT molecular complexity index is 671. The number of nitrogens with one attached hydrogen (secondary N) is 1. The standard InChI is InChI=1S/C16H19N3O2/c1-10-15(11-4-6-19(10)7-5-11)18-16(20)12-2-3-13-14(8-12)21-9-17-13/h2-3,8-11,15H,4-7H2,1H3,(H,18,20). The molecule has 2 atom stereocenters. The van der Waals surface area contributed by atoms with E-state index in [0.29, 0.717) is 23.1 Å². The average Bonchev–Trinajstić information content (AvgIpc) is 2.98. The predicted molar refractivity (Wildman–Crippen MR) is 79.0 cm³/mol. The second-order valence-electron chi connectivity index (χ2n) is 6.15. The normalized spacial score (nSPS) is 31.5. The van der Waals surface area contributed by atoms with Gasteiger partial charge < -0.3 is 9.73 Å². The van der Waals surface area contributed by atoms with Gasteiger partial charge in [-0.1, -0.05) is 0 Å². The minimum absolute atomic E-state index is 0.0149. The smallest absolute Gasteiger partial charge is 0.251 e. The van der Waals surface area contributed by atoms with Gasteiger partial charge in [-0.15, -0.1) is 0 Å². The third kappa shape index (κ3) is 2.12. The SMILES string of the molecule is CC1C(NC(=O)c2ccc3ncoc3c2)C2CCN1CC2. The highest BCUT2D eigenvalue weighted by molar-refractivity contribution is 5.97. The van der Waals surface area contributed by atoms with Gasteiger partial charge in [-0.2, -0.15) is 0 Å². The Morgan fingerprint density at radius 3 is 2.95 bits per heavy atom. The van der Waals surface area contributed by atoms with Gasteiger partial charge in [-0.25, -0.2) is 4.98 Å². The summed E-state index contributed by atoms with van der Waals surface area (Å²) in [5.74, 6) is 0.599. The summed E-state index contributed by atoms with van der Waals surface area (Å²) in [7, 11) is 0. The van der Waals surface area contributed by atoms with Crippen molar-refractivity contribution in [2.45, 2.75) is 31.8 Å². The fourth-order valence-electron chi connectivity index (χ4n) is 3.78. The van der Waals surface area contributed by atoms with Crippen molar-refractivity contribution >= 4 is 17.0 Å². The molecule has 3 aliphatic heterocycles. The zero-order valence-corrected chi connectivity index (χ0v) is 12.1. The third-order valence-corrected chi connectivity index (χ3v) is 5.07. The Morgan fingerprint density at radius 1 is 1.38 bits per heavy atom. The molecule has 4 heterocycles. The molecule has 1 aromatic carbocycles. The molecule has 0 saturated carbocycles. The molecule has 110 valence electrons. The van der Waals surface area contributed by atoms with Crippen LogP contribution in [-0.2, 0) is 0 Å². The van der Waals surface area contributed by atoms with Gasteiger partial charge in [-0.05, 0) is 57.0 Å². The number of oxazole rings is 1. The monoisotopic (exact) mass is 285 g/mol. The molecule has 5 nitrogen and oxygen atoms in total. The van der Waals surface area contributed by atoms with Crippen molar-refractivity contribution in [2.24, 2.45) is 5.92 Å². The van der Waals surface area contributed by atoms with Crippen molar-refractivity contribution in [2.75, 3.05) is 13.1 Å². The summed E-state index contributed by atoms with van der Waals surface area (Å²) in [4.78, 5) is 19.1. The topological polar surface area (TPSA) is 58.4 Å². The van der Waals surface area contributed by atoms with Crippen LogP contribution in [0.4, 0.5) is 0 Å². The van der Waals surface area contributed by atoms with E-state index in [4.69, 9.17) is 4.42 Å². The van der Waals surface area contributed by atoms with Gasteiger partial charge >= 0.3 is 0 Å². The van der Waals surface area contributed by atoms with Gasteiger partial charge in [0.15, 0.2) is 12.0 Å². The number of aromatic nitrogens is 1. The van der Waals surface area contributed by atoms with Crippen LogP contribution in [0.3, 0.4) is 0 Å². The number of carbonyl (C=O) groups is 1. The molecule has 2 unspecified atom stereocenters. The van der Waals surface area contributed by atoms with Gasteiger partial charge in [-0.3, -0.25) is 9.69 Å². The number of rotatable bonds is 2. The van der Waals surface area contributed by atoms with E-state index in [0.717, 1.165) is 5.52 Å². The van der Waals surface area contributed by atoms with Crippen LogP contribution < -0.4 is 5.32 Å². The van der Waals surface area contributed by atoms with Crippen LogP contribution in [0.1, 0.15) is 30.1 Å². The van der Waals surface area contributed by atoms with E-state index in [1.807, 2.05) is 12.1 Å². The number of fused-ring (bicyclic) bond motifs is 4. The van der Waals surface area contributed by atoms with Crippen molar-refractivity contribution < 1.29 is 9.21 Å². The van der Waals surface area contributed by atoms with Crippen molar-refractivity contribution in [3.63, 3.8) is 0 Å². The van der Waals surface area contributed by atoms with E-state index in [-0.39, 0.29) is 11.9 Å². The lowest BCUT2D eigenvalue weighted by molar-refractivity contribution is 0.0217. The molecule has 0 spiro atoms. The summed E-state index contributed by atoms with van der Waals surface area (Å²) in [5, 5.41) is 3.23. The molecule has 3 saturated heterocycles. The van der Waals surface area contributed by atoms with E-state index in [1.54, 1.807) is 6.07 Å². The maximum absolute atomic E-state index is 12.5. The first-order valence-corrected chi connectivity index (χ1v) is 7.60. The maximum atomic E-state index is 12.5. The van der Waals surface area contributed by atoms with Crippen LogP contribution in [0.25, 0.3) is 11.1 Å². The first-order chi connectivity index (χ1) is 10.2. The zero-order chi connectivity index (χ0) is 14.4. The third-order valence-electron chi connectivity index (χ3n) is 5.07. The molecule has 21 heavy (non-hydrogen) atoms. The Kier molecular flexibility index (Phi) is 2.96. The van der Waals surface area contributed by atoms with Gasteiger partial charge in [0.1, 0.15) is 5.52 Å². The average molecular weight is 285 g/mol. The fourth-order valence-corrected chi connectivity index (χ4v) is 3.78. The van der Waals surface area contributed by atoms with E-state index in [9.17, 15) is 4.79 Å². The van der Waals surface area contributed by atoms with Gasteiger partial charge in [0, 0.05) is 17.6 Å². The molecular weight excluding hydrogens is 266 g/mol. The number of piperidine rings is 3. The second kappa shape index (κ2) is 4.84. The molecule has 2 aromatic rings. The summed E-state index contributed by atoms with van der Waals surface area (Å²) in [6.45, 7) is 4.56. The van der Waals surface area contributed by atoms with Crippen molar-refractivity contribution in [3.8, 4) is 0 Å². The molecule has 3 fully saturated rings. The number of hydrogen-bond acceptors (Lipinski definition) is 4. The van der Waals surface area contributed by atoms with Crippen LogP contribution in [0, 0.1) is 5.92 Å². The van der Waals surface area contributed by atoms with Gasteiger partial charge in [0.25, 0.3) is 5.91 Å². The summed E-state index contributed by atoms with van der Waals surface area (Å²) in [6.07, 6.45) is 3.79. The Morgan fingerprint density at radius 2 is 2.19 bits per heavy atom. The summed E-state index contributed by atoms with van der Waals surface area (Å²) < 4.78 is 5.27. The largest absolute Gasteiger partial charge is 0.443 e. The number of carbonyl (C=O) groups excluding carboxylic acids is 1. The lowest BCUT2D eigenvalue weighted by Crippen LogP contribution is -2.62. The summed E-state index contributed by atoms with van der Waals surface area (Å²) in [5.41, 5.74) is 2.08. The number of amides is 1. The Balaban J connectivity index is 1.54. The van der Waals surface area contributed by atoms with E-state index < -0.39 is 0 Å². The highest BCUT2D eigenvalue weighted by Gasteiger charge is 2.40. The van der Waals surface area contributed by atoms with Crippen LogP contribution in [-0.4, -0.2) is 41.0 Å². The minimum Gasteiger partial charge on any atom is -0.443 e. The lowest BCUT2D eigenvalue weighted by Gasteiger charge is -2.49. The molecular formula is C16H19N3O2. The first kappa shape index (κ1) is 12.8. The molecule has 1 aromatic heterocycles. The Labute approximate surface area is 123 Å². The van der Waals surface area contributed by atoms with Crippen LogP contribution in [0.15, 0.2) is 29.0 Å². The number of nitrogens with zero attached hydrogens (tertiary/aromatic N) is 2. The first-order valence-electron chi connectivity index (χ1n) is 7.60. The lowest BCUT2D eigenvalue weighted by atomic mass is 9.79. The summed E-state index contributed by atoms with van der Waals surface area (Å²) >= 11 is 0. The highest BCUT2D eigenvalue weighted by Crippen LogP contribution is 2.32. The van der Waals surface area contributed by atoms with Gasteiger partial charge in [0.2, 0.25) is 0 Å². The Hall–Kier alpha value is -1.88. The van der Waals surface area contributed by atoms with Crippen molar-refractivity contribution in [1.29, 1.82) is 0 Å². The van der Waals surface area contributed by atoms with Gasteiger partial charge in [0.05, 0.1) is 0 Å². The van der Waals surface area contributed by atoms with E-state index >= 15 is 0 Å². The fraction of sp³-hybridized carbons (Fsp3) is 0.500. The minimum atomic E-state index is -0.0149. The molecule has 1 amide bonds. The second-order valence-corrected chi connectivity index (χ2v) is 6.15. The number of benzene rings is 1. The summed E-state index contributed by atoms with van der Waals surface area (Å²) in [6, 6.07) is 6.09. The highest BCUT2D eigenvalue weighted by atomic mass is 16.3. The van der Waals surface area contributed by atoms with E-state index in [1.165, 1.54) is 32.3 Å². The van der Waals surface area contributed by atoms with Crippen LogP contribution in [0.5, 0.6) is 0 Å². The number of hydrogen-bond donors (Lipinski definition) is 1. The van der Waals surface area contributed by atoms with Crippen molar-refractivity contribution in [3.05, 3.63) is 30.2 Å². The van der Waals surface area contributed by atoms with E-state index in [2.05, 4.69) is 22.1 Å². The molecule has 2 bridgehead atoms. The molecule has 3 aliphatic rings. The molecule has 5 heteroatoms. The molecule has 0 aliphatic carbocycles. The quantitative estimate of drug-likeness (QED) is 0.917.